The van der Waals surface area contributed by atoms with Crippen LogP contribution in [0.15, 0.2) is 15.7 Å². The van der Waals surface area contributed by atoms with Crippen molar-refractivity contribution in [2.45, 2.75) is 29.6 Å². The Bertz CT molecular complexity index is 567. The fraction of sp³-hybridized carbons (Fsp3) is 0.500. The van der Waals surface area contributed by atoms with Gasteiger partial charge in [-0.15, -0.1) is 11.3 Å². The van der Waals surface area contributed by atoms with Gasteiger partial charge >= 0.3 is 6.18 Å². The molecule has 0 aliphatic heterocycles. The van der Waals surface area contributed by atoms with Gasteiger partial charge in [-0.25, -0.2) is 13.6 Å². The van der Waals surface area contributed by atoms with Crippen molar-refractivity contribution in [1.29, 1.82) is 0 Å². The lowest BCUT2D eigenvalue weighted by Gasteiger charge is -2.06. The standard InChI is InChI=1S/C10H13F3N2O3S2/c11-10(12,13)3-1-2-4-15-9(16)7-5-8(19-6-7)20(14,17)18/h5-6H,1-4H2,(H,15,16)(H2,14,17,18). The van der Waals surface area contributed by atoms with Gasteiger partial charge in [0.2, 0.25) is 10.0 Å². The number of nitrogens with two attached hydrogens (primary N) is 1. The van der Waals surface area contributed by atoms with Crippen molar-refractivity contribution in [3.8, 4) is 0 Å². The number of hydrogen-bond acceptors (Lipinski definition) is 4. The number of amides is 1. The minimum absolute atomic E-state index is 0.0736. The summed E-state index contributed by atoms with van der Waals surface area (Å²) in [6, 6.07) is 1.13. The molecule has 0 unspecified atom stereocenters. The van der Waals surface area contributed by atoms with Crippen LogP contribution in [0.5, 0.6) is 0 Å². The third-order valence-corrected chi connectivity index (χ3v) is 4.68. The summed E-state index contributed by atoms with van der Waals surface area (Å²) in [5.74, 6) is -0.539. The Morgan fingerprint density at radius 1 is 1.35 bits per heavy atom. The van der Waals surface area contributed by atoms with Crippen LogP contribution in [0.25, 0.3) is 0 Å². The number of unbranched alkanes of at least 4 members (excludes halogenated alkanes) is 1. The number of carbonyl (C=O) groups is 1. The largest absolute Gasteiger partial charge is 0.389 e. The molecule has 0 aromatic carbocycles. The summed E-state index contributed by atoms with van der Waals surface area (Å²) in [5, 5.41) is 8.63. The second-order valence-corrected chi connectivity index (χ2v) is 6.73. The highest BCUT2D eigenvalue weighted by atomic mass is 32.2. The fourth-order valence-electron chi connectivity index (χ4n) is 1.34. The van der Waals surface area contributed by atoms with E-state index in [1.165, 1.54) is 5.38 Å². The van der Waals surface area contributed by atoms with Gasteiger partial charge < -0.3 is 5.32 Å². The molecule has 0 atom stereocenters. The molecule has 1 heterocycles. The molecule has 0 aliphatic rings. The van der Waals surface area contributed by atoms with Crippen molar-refractivity contribution in [3.05, 3.63) is 17.0 Å². The molecular formula is C10H13F3N2O3S2. The molecule has 10 heteroatoms. The van der Waals surface area contributed by atoms with Crippen LogP contribution in [0, 0.1) is 0 Å². The first-order valence-corrected chi connectivity index (χ1v) is 7.98. The van der Waals surface area contributed by atoms with Crippen LogP contribution in [0.1, 0.15) is 29.6 Å². The number of primary sulfonamides is 1. The molecule has 0 saturated carbocycles. The lowest BCUT2D eigenvalue weighted by atomic mass is 10.2. The van der Waals surface area contributed by atoms with E-state index in [9.17, 15) is 26.4 Å². The van der Waals surface area contributed by atoms with Crippen molar-refractivity contribution in [1.82, 2.24) is 5.32 Å². The molecule has 5 nitrogen and oxygen atoms in total. The smallest absolute Gasteiger partial charge is 0.352 e. The fourth-order valence-corrected chi connectivity index (χ4v) is 2.92. The summed E-state index contributed by atoms with van der Waals surface area (Å²) in [5.41, 5.74) is 0.120. The van der Waals surface area contributed by atoms with E-state index in [0.717, 1.165) is 17.4 Å². The first-order valence-electron chi connectivity index (χ1n) is 5.56. The van der Waals surface area contributed by atoms with E-state index in [1.807, 2.05) is 0 Å². The zero-order valence-corrected chi connectivity index (χ0v) is 11.9. The molecule has 0 saturated heterocycles. The molecular weight excluding hydrogens is 317 g/mol. The van der Waals surface area contributed by atoms with E-state index in [2.05, 4.69) is 5.32 Å². The van der Waals surface area contributed by atoms with Crippen LogP contribution in [0.2, 0.25) is 0 Å². The topological polar surface area (TPSA) is 89.3 Å². The van der Waals surface area contributed by atoms with Crippen molar-refractivity contribution in [3.63, 3.8) is 0 Å². The SMILES string of the molecule is NS(=O)(=O)c1cc(C(=O)NCCCCC(F)(F)F)cs1. The normalized spacial score (nSPS) is 12.4. The Labute approximate surface area is 118 Å². The maximum atomic E-state index is 11.9. The first kappa shape index (κ1) is 16.9. The minimum Gasteiger partial charge on any atom is -0.352 e. The molecule has 1 rings (SSSR count). The molecule has 1 amide bonds. The lowest BCUT2D eigenvalue weighted by Crippen LogP contribution is -2.24. The van der Waals surface area contributed by atoms with Gasteiger partial charge in [-0.3, -0.25) is 4.79 Å². The number of sulfonamides is 1. The van der Waals surface area contributed by atoms with Gasteiger partial charge in [0.25, 0.3) is 5.91 Å². The predicted molar refractivity (Wildman–Crippen MR) is 67.9 cm³/mol. The Hall–Kier alpha value is -1.13. The van der Waals surface area contributed by atoms with Crippen LogP contribution in [0.3, 0.4) is 0 Å². The Morgan fingerprint density at radius 3 is 2.50 bits per heavy atom. The molecule has 0 bridgehead atoms. The van der Waals surface area contributed by atoms with Gasteiger partial charge in [0.05, 0.1) is 5.56 Å². The Morgan fingerprint density at radius 2 is 2.00 bits per heavy atom. The monoisotopic (exact) mass is 330 g/mol. The van der Waals surface area contributed by atoms with E-state index >= 15 is 0 Å². The van der Waals surface area contributed by atoms with Crippen LogP contribution in [-0.4, -0.2) is 27.0 Å². The van der Waals surface area contributed by atoms with E-state index in [0.29, 0.717) is 0 Å². The summed E-state index contributed by atoms with van der Waals surface area (Å²) < 4.78 is 57.5. The molecule has 0 radical (unpaired) electrons. The molecule has 3 N–H and O–H groups in total. The average molecular weight is 330 g/mol. The molecule has 1 aromatic heterocycles. The van der Waals surface area contributed by atoms with Crippen LogP contribution < -0.4 is 10.5 Å². The quantitative estimate of drug-likeness (QED) is 0.780. The van der Waals surface area contributed by atoms with Gasteiger partial charge in [-0.1, -0.05) is 0 Å². The van der Waals surface area contributed by atoms with Gasteiger partial charge in [-0.05, 0) is 18.9 Å². The number of rotatable bonds is 6. The second kappa shape index (κ2) is 6.55. The number of halogens is 3. The molecule has 0 fully saturated rings. The molecule has 20 heavy (non-hydrogen) atoms. The minimum atomic E-state index is -4.19. The maximum Gasteiger partial charge on any atom is 0.389 e. The van der Waals surface area contributed by atoms with Crippen molar-refractivity contribution >= 4 is 27.3 Å². The average Bonchev–Trinajstić information content (AvgIpc) is 2.75. The van der Waals surface area contributed by atoms with Gasteiger partial charge in [0.15, 0.2) is 0 Å². The van der Waals surface area contributed by atoms with Crippen LogP contribution in [0.4, 0.5) is 13.2 Å². The molecule has 0 aliphatic carbocycles. The highest BCUT2D eigenvalue weighted by Gasteiger charge is 2.25. The third-order valence-electron chi connectivity index (χ3n) is 2.29. The van der Waals surface area contributed by atoms with Gasteiger partial charge in [0.1, 0.15) is 4.21 Å². The van der Waals surface area contributed by atoms with E-state index in [4.69, 9.17) is 5.14 Å². The summed E-state index contributed by atoms with van der Waals surface area (Å²) >= 11 is 0.809. The second-order valence-electron chi connectivity index (χ2n) is 4.03. The zero-order chi connectivity index (χ0) is 15.4. The Balaban J connectivity index is 2.39. The highest BCUT2D eigenvalue weighted by Crippen LogP contribution is 2.22. The summed E-state index contributed by atoms with van der Waals surface area (Å²) in [4.78, 5) is 11.6. The number of carbonyl (C=O) groups excluding carboxylic acids is 1. The molecule has 0 spiro atoms. The van der Waals surface area contributed by atoms with Crippen LogP contribution >= 0.6 is 11.3 Å². The number of alkyl halides is 3. The zero-order valence-electron chi connectivity index (χ0n) is 10.2. The summed E-state index contributed by atoms with van der Waals surface area (Å²) in [6.45, 7) is 0.0927. The lowest BCUT2D eigenvalue weighted by molar-refractivity contribution is -0.135. The third kappa shape index (κ3) is 5.88. The van der Waals surface area contributed by atoms with E-state index in [-0.39, 0.29) is 29.2 Å². The predicted octanol–water partition coefficient (Wildman–Crippen LogP) is 1.86. The summed E-state index contributed by atoms with van der Waals surface area (Å²) in [6.07, 6.45) is -4.97. The van der Waals surface area contributed by atoms with Crippen molar-refractivity contribution in [2.24, 2.45) is 5.14 Å². The first-order chi connectivity index (χ1) is 9.09. The van der Waals surface area contributed by atoms with E-state index < -0.39 is 28.5 Å². The number of thiophene rings is 1. The number of hydrogen-bond donors (Lipinski definition) is 2. The van der Waals surface area contributed by atoms with E-state index in [1.54, 1.807) is 0 Å². The van der Waals surface area contributed by atoms with Gasteiger partial charge in [-0.2, -0.15) is 13.2 Å². The van der Waals surface area contributed by atoms with Crippen LogP contribution in [-0.2, 0) is 10.0 Å². The summed E-state index contributed by atoms with van der Waals surface area (Å²) in [7, 11) is -3.85. The molecule has 114 valence electrons. The Kier molecular flexibility index (Phi) is 5.54. The highest BCUT2D eigenvalue weighted by molar-refractivity contribution is 7.91. The molecule has 1 aromatic rings. The van der Waals surface area contributed by atoms with Crippen molar-refractivity contribution < 1.29 is 26.4 Å². The van der Waals surface area contributed by atoms with Crippen molar-refractivity contribution in [2.75, 3.05) is 6.54 Å². The van der Waals surface area contributed by atoms with Gasteiger partial charge in [0, 0.05) is 18.3 Å². The number of nitrogens with one attached hydrogen (secondary N) is 1. The maximum absolute atomic E-state index is 11.9.